The van der Waals surface area contributed by atoms with Gasteiger partial charge in [-0.25, -0.2) is 0 Å². The molecule has 0 N–H and O–H groups in total. The fourth-order valence-electron chi connectivity index (χ4n) is 1.40. The monoisotopic (exact) mass is 358 g/mol. The summed E-state index contributed by atoms with van der Waals surface area (Å²) in [6, 6.07) is 0. The molecule has 0 amide bonds. The van der Waals surface area contributed by atoms with Crippen molar-refractivity contribution in [2.24, 2.45) is 0 Å². The zero-order valence-electron chi connectivity index (χ0n) is 9.63. The molecule has 0 aromatic carbocycles. The molecule has 0 aliphatic carbocycles. The maximum absolute atomic E-state index is 5.64. The van der Waals surface area contributed by atoms with Gasteiger partial charge in [-0.2, -0.15) is 0 Å². The van der Waals surface area contributed by atoms with Gasteiger partial charge in [-0.15, -0.1) is 0 Å². The molecule has 0 radical (unpaired) electrons. The van der Waals surface area contributed by atoms with Crippen LogP contribution in [0.2, 0.25) is 0 Å². The molecule has 0 heterocycles. The Morgan fingerprint density at radius 1 is 0.923 bits per heavy atom. The molecule has 5 heteroatoms. The van der Waals surface area contributed by atoms with Crippen LogP contribution in [0.25, 0.3) is 0 Å². The van der Waals surface area contributed by atoms with Crippen LogP contribution in [-0.2, 0) is 27.1 Å². The molecule has 0 fully saturated rings. The van der Waals surface area contributed by atoms with Crippen LogP contribution in [0, 0.1) is 0 Å². The van der Waals surface area contributed by atoms with Crippen molar-refractivity contribution in [1.82, 2.24) is 5.78 Å². The van der Waals surface area contributed by atoms with Gasteiger partial charge in [-0.05, 0) is 0 Å². The van der Waals surface area contributed by atoms with Crippen molar-refractivity contribution in [3.63, 3.8) is 0 Å². The molecule has 80 valence electrons. The van der Waals surface area contributed by atoms with Crippen molar-refractivity contribution >= 4 is 0 Å². The van der Waals surface area contributed by atoms with E-state index >= 15 is 0 Å². The Morgan fingerprint density at radius 3 is 1.38 bits per heavy atom. The summed E-state index contributed by atoms with van der Waals surface area (Å²) in [5, 5.41) is 0. The second-order valence-corrected chi connectivity index (χ2v) is 15.3. The average molecular weight is 357 g/mol. The molecule has 4 nitrogen and oxygen atoms in total. The molecule has 0 aromatic rings. The van der Waals surface area contributed by atoms with Gasteiger partial charge in [0.2, 0.25) is 0 Å². The molecule has 0 aromatic heterocycles. The first-order valence-electron chi connectivity index (χ1n) is 4.61. The zero-order valence-corrected chi connectivity index (χ0v) is 13.2. The van der Waals surface area contributed by atoms with E-state index in [0.29, 0.717) is 0 Å². The second kappa shape index (κ2) is 6.24. The van der Waals surface area contributed by atoms with E-state index < -0.39 is 21.4 Å². The summed E-state index contributed by atoms with van der Waals surface area (Å²) in [5.74, 6) is 0. The van der Waals surface area contributed by atoms with Crippen molar-refractivity contribution in [3.8, 4) is 0 Å². The van der Waals surface area contributed by atoms with Crippen LogP contribution in [0.15, 0.2) is 0 Å². The van der Waals surface area contributed by atoms with Crippen LogP contribution in [0.1, 0.15) is 13.8 Å². The Kier molecular flexibility index (Phi) is 6.58. The zero-order chi connectivity index (χ0) is 10.5. The van der Waals surface area contributed by atoms with Gasteiger partial charge < -0.3 is 0 Å². The van der Waals surface area contributed by atoms with E-state index in [1.54, 1.807) is 14.2 Å². The van der Waals surface area contributed by atoms with Gasteiger partial charge in [0.1, 0.15) is 0 Å². The van der Waals surface area contributed by atoms with Gasteiger partial charge in [0.25, 0.3) is 0 Å². The number of nitrogens with zero attached hydrogens (tertiary/aromatic N) is 2. The fraction of sp³-hybridized carbons (Fsp3) is 1.00. The van der Waals surface area contributed by atoms with Crippen molar-refractivity contribution < 1.29 is 27.1 Å². The first-order chi connectivity index (χ1) is 6.08. The van der Waals surface area contributed by atoms with Crippen LogP contribution in [0.4, 0.5) is 0 Å². The van der Waals surface area contributed by atoms with E-state index in [4.69, 9.17) is 5.71 Å². The summed E-state index contributed by atoms with van der Waals surface area (Å²) in [6.07, 6.45) is 0. The maximum atomic E-state index is 5.64. The van der Waals surface area contributed by atoms with Crippen LogP contribution < -0.4 is 0 Å². The molecule has 0 saturated heterocycles. The molecule has 0 bridgehead atoms. The first kappa shape index (κ1) is 13.7. The van der Waals surface area contributed by atoms with Crippen LogP contribution in [-0.4, -0.2) is 47.2 Å². The molecular formula is C8H22HfN2O2. The third-order valence-electron chi connectivity index (χ3n) is 2.45. The minimum atomic E-state index is -3.21. The van der Waals surface area contributed by atoms with Crippen LogP contribution >= 0.6 is 0 Å². The fourth-order valence-corrected chi connectivity index (χ4v) is 11.4. The van der Waals surface area contributed by atoms with Crippen molar-refractivity contribution in [2.45, 2.75) is 13.8 Å². The van der Waals surface area contributed by atoms with E-state index in [2.05, 4.69) is 33.7 Å². The SMILES string of the molecule is CC[N](C)[Hf]([O]C)([O]C)[N](C)CC. The van der Waals surface area contributed by atoms with Gasteiger partial charge in [0, 0.05) is 0 Å². The van der Waals surface area contributed by atoms with Gasteiger partial charge in [-0.3, -0.25) is 0 Å². The third-order valence-corrected chi connectivity index (χ3v) is 15.5. The summed E-state index contributed by atoms with van der Waals surface area (Å²) in [4.78, 5) is 0. The van der Waals surface area contributed by atoms with Gasteiger partial charge in [0.15, 0.2) is 0 Å². The topological polar surface area (TPSA) is 24.9 Å². The summed E-state index contributed by atoms with van der Waals surface area (Å²) in [6.45, 7) is 6.17. The van der Waals surface area contributed by atoms with E-state index in [1.165, 1.54) is 0 Å². The molecule has 0 rings (SSSR count). The Morgan fingerprint density at radius 2 is 1.23 bits per heavy atom. The van der Waals surface area contributed by atoms with Gasteiger partial charge in [-0.1, -0.05) is 0 Å². The minimum absolute atomic E-state index is 0.966. The van der Waals surface area contributed by atoms with E-state index in [-0.39, 0.29) is 0 Å². The number of hydrogen-bond donors (Lipinski definition) is 0. The molecule has 0 atom stereocenters. The van der Waals surface area contributed by atoms with Gasteiger partial charge in [0.05, 0.1) is 0 Å². The second-order valence-electron chi connectivity index (χ2n) is 2.99. The molecule has 0 spiro atoms. The van der Waals surface area contributed by atoms with Crippen molar-refractivity contribution in [2.75, 3.05) is 41.4 Å². The Bertz CT molecular complexity index is 130. The van der Waals surface area contributed by atoms with Crippen LogP contribution in [0.5, 0.6) is 0 Å². The number of rotatable bonds is 6. The normalized spacial score (nSPS) is 12.9. The Labute approximate surface area is 88.1 Å². The summed E-state index contributed by atoms with van der Waals surface area (Å²) in [7, 11) is 7.65. The standard InChI is InChI=1S/2C3H8N.2CH3O.Hf/c2*1-3-4-2;2*1-2;/h2*3H2,1-2H3;2*1H3;/q4*-1;+4. The molecular weight excluding hydrogens is 335 g/mol. The Balaban J connectivity index is 4.67. The molecule has 0 unspecified atom stereocenters. The Hall–Kier alpha value is 0.710. The van der Waals surface area contributed by atoms with Crippen molar-refractivity contribution in [1.29, 1.82) is 0 Å². The van der Waals surface area contributed by atoms with Crippen molar-refractivity contribution in [3.05, 3.63) is 0 Å². The van der Waals surface area contributed by atoms with E-state index in [9.17, 15) is 0 Å². The predicted molar refractivity (Wildman–Crippen MR) is 50.6 cm³/mol. The van der Waals surface area contributed by atoms with E-state index in [0.717, 1.165) is 13.1 Å². The predicted octanol–water partition coefficient (Wildman–Crippen LogP) is 0.997. The first-order valence-corrected chi connectivity index (χ1v) is 10.8. The molecule has 0 aliphatic rings. The quantitative estimate of drug-likeness (QED) is 0.663. The molecule has 0 aliphatic heterocycles. The van der Waals surface area contributed by atoms with Crippen LogP contribution in [0.3, 0.4) is 0 Å². The molecule has 13 heavy (non-hydrogen) atoms. The van der Waals surface area contributed by atoms with E-state index in [1.807, 2.05) is 0 Å². The molecule has 0 saturated carbocycles. The number of hydrogen-bond acceptors (Lipinski definition) is 4. The van der Waals surface area contributed by atoms with Gasteiger partial charge >= 0.3 is 88.2 Å². The summed E-state index contributed by atoms with van der Waals surface area (Å²) >= 11 is -3.21. The summed E-state index contributed by atoms with van der Waals surface area (Å²) < 4.78 is 15.8. The summed E-state index contributed by atoms with van der Waals surface area (Å²) in [5.41, 5.74) is 0. The average Bonchev–Trinajstić information content (AvgIpc) is 2.19. The third kappa shape index (κ3) is 2.83.